The van der Waals surface area contributed by atoms with Crippen molar-refractivity contribution in [2.75, 3.05) is 0 Å². The smallest absolute Gasteiger partial charge is 0.333 e. The Morgan fingerprint density at radius 1 is 1.24 bits per heavy atom. The fourth-order valence-electron chi connectivity index (χ4n) is 7.20. The predicted molar refractivity (Wildman–Crippen MR) is 102 cm³/mol. The molecule has 0 aromatic carbocycles. The number of hydrogen-bond acceptors (Lipinski definition) is 7. The van der Waals surface area contributed by atoms with E-state index in [1.165, 1.54) is 13.0 Å². The molecule has 7 nitrogen and oxygen atoms in total. The lowest BCUT2D eigenvalue weighted by Gasteiger charge is -2.69. The Balaban J connectivity index is 1.87. The lowest BCUT2D eigenvalue weighted by Crippen LogP contribution is -2.74. The number of esters is 2. The third-order valence-corrected chi connectivity index (χ3v) is 8.76. The fourth-order valence-corrected chi connectivity index (χ4v) is 7.20. The molecule has 3 fully saturated rings. The first-order valence-corrected chi connectivity index (χ1v) is 10.5. The molecule has 1 aliphatic heterocycles. The zero-order chi connectivity index (χ0) is 21.6. The zero-order valence-corrected chi connectivity index (χ0v) is 17.8. The number of aliphatic hydroxyl groups excluding tert-OH is 1. The second-order valence-corrected chi connectivity index (χ2v) is 10.4. The lowest BCUT2D eigenvalue weighted by atomic mass is 9.39. The molecule has 0 bridgehead atoms. The molecule has 8 atom stereocenters. The van der Waals surface area contributed by atoms with Crippen molar-refractivity contribution < 1.29 is 34.4 Å². The average Bonchev–Trinajstić information content (AvgIpc) is 2.89. The molecule has 4 aliphatic rings. The Hall–Kier alpha value is -1.44. The van der Waals surface area contributed by atoms with Crippen LogP contribution in [0.1, 0.15) is 60.3 Å². The van der Waals surface area contributed by atoms with Gasteiger partial charge in [-0.1, -0.05) is 27.7 Å². The van der Waals surface area contributed by atoms with Crippen LogP contribution in [0.2, 0.25) is 0 Å². The molecule has 29 heavy (non-hydrogen) atoms. The van der Waals surface area contributed by atoms with E-state index in [0.717, 1.165) is 0 Å². The summed E-state index contributed by atoms with van der Waals surface area (Å²) in [6.45, 7) is 9.09. The summed E-state index contributed by atoms with van der Waals surface area (Å²) in [5, 5.41) is 34.4. The van der Waals surface area contributed by atoms with Crippen LogP contribution in [0.3, 0.4) is 0 Å². The summed E-state index contributed by atoms with van der Waals surface area (Å²) >= 11 is 0. The third kappa shape index (κ3) is 2.53. The van der Waals surface area contributed by atoms with Gasteiger partial charge in [-0.2, -0.15) is 0 Å². The first kappa shape index (κ1) is 20.8. The molecule has 3 aliphatic carbocycles. The molecule has 0 spiro atoms. The van der Waals surface area contributed by atoms with Crippen molar-refractivity contribution in [3.05, 3.63) is 11.6 Å². The molecular formula is C22H32O7. The van der Waals surface area contributed by atoms with Crippen molar-refractivity contribution in [3.8, 4) is 0 Å². The monoisotopic (exact) mass is 408 g/mol. The quantitative estimate of drug-likeness (QED) is 0.566. The van der Waals surface area contributed by atoms with Crippen LogP contribution in [0.4, 0.5) is 0 Å². The number of ether oxygens (including phenoxy) is 2. The van der Waals surface area contributed by atoms with Gasteiger partial charge in [0.25, 0.3) is 0 Å². The first-order chi connectivity index (χ1) is 13.3. The SMILES string of the molecule is CC(=O)OC1CCC(C)(C)C2(O)CC(O)C3C(C)C4=CC(=O)OC4(O)CC3C12C. The lowest BCUT2D eigenvalue weighted by molar-refractivity contribution is -0.315. The van der Waals surface area contributed by atoms with Crippen LogP contribution < -0.4 is 0 Å². The Bertz CT molecular complexity index is 788. The number of hydrogen-bond donors (Lipinski definition) is 3. The fraction of sp³-hybridized carbons (Fsp3) is 0.818. The van der Waals surface area contributed by atoms with Gasteiger partial charge in [-0.15, -0.1) is 0 Å². The molecule has 0 amide bonds. The number of rotatable bonds is 1. The first-order valence-electron chi connectivity index (χ1n) is 10.5. The maximum absolute atomic E-state index is 12.1. The second-order valence-electron chi connectivity index (χ2n) is 10.4. The van der Waals surface area contributed by atoms with Gasteiger partial charge in [-0.25, -0.2) is 4.79 Å². The predicted octanol–water partition coefficient (Wildman–Crippen LogP) is 1.68. The summed E-state index contributed by atoms with van der Waals surface area (Å²) in [4.78, 5) is 23.8. The van der Waals surface area contributed by atoms with Crippen LogP contribution in [-0.4, -0.2) is 50.9 Å². The van der Waals surface area contributed by atoms with Gasteiger partial charge in [-0.3, -0.25) is 4.79 Å². The van der Waals surface area contributed by atoms with Crippen LogP contribution in [0.15, 0.2) is 11.6 Å². The normalized spacial score (nSPS) is 50.6. The second kappa shape index (κ2) is 6.05. The van der Waals surface area contributed by atoms with Crippen LogP contribution in [0.25, 0.3) is 0 Å². The molecule has 1 heterocycles. The Labute approximate surface area is 171 Å². The van der Waals surface area contributed by atoms with Gasteiger partial charge in [0, 0.05) is 36.8 Å². The maximum atomic E-state index is 12.1. The Kier molecular flexibility index (Phi) is 4.34. The van der Waals surface area contributed by atoms with E-state index in [1.807, 2.05) is 27.7 Å². The van der Waals surface area contributed by atoms with E-state index < -0.39 is 52.3 Å². The Morgan fingerprint density at radius 3 is 2.52 bits per heavy atom. The van der Waals surface area contributed by atoms with E-state index in [2.05, 4.69) is 0 Å². The summed E-state index contributed by atoms with van der Waals surface area (Å²) in [5.74, 6) is -3.79. The number of fused-ring (bicyclic) bond motifs is 4. The third-order valence-electron chi connectivity index (χ3n) is 8.76. The van der Waals surface area contributed by atoms with Gasteiger partial charge >= 0.3 is 11.9 Å². The highest BCUT2D eigenvalue weighted by Gasteiger charge is 2.73. The molecule has 3 saturated carbocycles. The summed E-state index contributed by atoms with van der Waals surface area (Å²) in [7, 11) is 0. The maximum Gasteiger partial charge on any atom is 0.333 e. The summed E-state index contributed by atoms with van der Waals surface area (Å²) in [6, 6.07) is 0. The minimum atomic E-state index is -1.75. The van der Waals surface area contributed by atoms with Gasteiger partial charge in [0.1, 0.15) is 6.10 Å². The van der Waals surface area contributed by atoms with Crippen molar-refractivity contribution in [3.63, 3.8) is 0 Å². The van der Waals surface area contributed by atoms with E-state index in [9.17, 15) is 24.9 Å². The summed E-state index contributed by atoms with van der Waals surface area (Å²) < 4.78 is 11.0. The van der Waals surface area contributed by atoms with Gasteiger partial charge in [0.2, 0.25) is 5.79 Å². The van der Waals surface area contributed by atoms with Gasteiger partial charge < -0.3 is 24.8 Å². The molecular weight excluding hydrogens is 376 g/mol. The van der Waals surface area contributed by atoms with Crippen LogP contribution in [0.5, 0.6) is 0 Å². The molecule has 162 valence electrons. The van der Waals surface area contributed by atoms with Gasteiger partial charge in [0.15, 0.2) is 0 Å². The highest BCUT2D eigenvalue weighted by molar-refractivity contribution is 5.86. The van der Waals surface area contributed by atoms with E-state index in [4.69, 9.17) is 9.47 Å². The minimum Gasteiger partial charge on any atom is -0.462 e. The molecule has 7 heteroatoms. The van der Waals surface area contributed by atoms with Crippen LogP contribution >= 0.6 is 0 Å². The number of aliphatic hydroxyl groups is 3. The highest BCUT2D eigenvalue weighted by Crippen LogP contribution is 2.68. The Morgan fingerprint density at radius 2 is 1.90 bits per heavy atom. The molecule has 0 saturated heterocycles. The van der Waals surface area contributed by atoms with Crippen LogP contribution in [0, 0.1) is 28.6 Å². The topological polar surface area (TPSA) is 113 Å². The van der Waals surface area contributed by atoms with Crippen molar-refractivity contribution in [1.82, 2.24) is 0 Å². The van der Waals surface area contributed by atoms with E-state index in [1.54, 1.807) is 0 Å². The standard InChI is InChI=1S/C22H32O7/c1-11-13-8-17(25)29-21(13,26)9-14-18(11)15(24)10-22(27)19(3,4)7-6-16(20(14,22)5)28-12(2)23/h8,11,14-16,18,24,26-27H,6-7,9-10H2,1-5H3. The summed E-state index contributed by atoms with van der Waals surface area (Å²) in [6.07, 6.45) is 1.39. The largest absolute Gasteiger partial charge is 0.462 e. The number of carbonyl (C=O) groups excluding carboxylic acids is 2. The van der Waals surface area contributed by atoms with Crippen LogP contribution in [-0.2, 0) is 19.1 Å². The molecule has 3 N–H and O–H groups in total. The molecule has 0 radical (unpaired) electrons. The van der Waals surface area contributed by atoms with E-state index in [-0.39, 0.29) is 24.7 Å². The average molecular weight is 408 g/mol. The molecule has 0 aromatic rings. The number of carbonyl (C=O) groups is 2. The van der Waals surface area contributed by atoms with E-state index in [0.29, 0.717) is 18.4 Å². The van der Waals surface area contributed by atoms with Crippen molar-refractivity contribution in [1.29, 1.82) is 0 Å². The van der Waals surface area contributed by atoms with Gasteiger partial charge in [-0.05, 0) is 36.0 Å². The van der Waals surface area contributed by atoms with Crippen molar-refractivity contribution in [2.45, 2.75) is 83.9 Å². The van der Waals surface area contributed by atoms with Gasteiger partial charge in [0.05, 0.1) is 11.7 Å². The molecule has 8 unspecified atom stereocenters. The molecule has 0 aromatic heterocycles. The van der Waals surface area contributed by atoms with Crippen molar-refractivity contribution >= 4 is 11.9 Å². The highest BCUT2D eigenvalue weighted by atomic mass is 16.7. The van der Waals surface area contributed by atoms with Crippen molar-refractivity contribution in [2.24, 2.45) is 28.6 Å². The minimum absolute atomic E-state index is 0.0588. The zero-order valence-electron chi connectivity index (χ0n) is 17.8. The molecule has 4 rings (SSSR count). The summed E-state index contributed by atoms with van der Waals surface area (Å²) in [5.41, 5.74) is -2.29. The van der Waals surface area contributed by atoms with E-state index >= 15 is 0 Å².